The van der Waals surface area contributed by atoms with Crippen LogP contribution in [0, 0.1) is 0 Å². The van der Waals surface area contributed by atoms with Crippen LogP contribution in [0.25, 0.3) is 0 Å². The maximum absolute atomic E-state index is 9.43. The quantitative estimate of drug-likeness (QED) is 0.328. The molecule has 1 aliphatic heterocycles. The Kier molecular flexibility index (Phi) is 2.95. The molecule has 0 amide bonds. The van der Waals surface area contributed by atoms with E-state index in [2.05, 4.69) is 22.6 Å². The minimum Gasteiger partial charge on any atom is -0.291 e. The fourth-order valence-corrected chi connectivity index (χ4v) is 2.10. The summed E-state index contributed by atoms with van der Waals surface area (Å²) in [5.41, 5.74) is 1.12. The minimum absolute atomic E-state index is 0.370. The van der Waals surface area contributed by atoms with Gasteiger partial charge in [-0.05, 0) is 11.2 Å². The van der Waals surface area contributed by atoms with E-state index in [0.29, 0.717) is 6.04 Å². The van der Waals surface area contributed by atoms with E-state index in [9.17, 15) is 5.21 Å². The van der Waals surface area contributed by atoms with E-state index in [1.807, 2.05) is 6.92 Å². The molecule has 1 atom stereocenters. The maximum atomic E-state index is 9.43. The van der Waals surface area contributed by atoms with Gasteiger partial charge in [0.05, 0.1) is 4.43 Å². The molecule has 1 N–H and O–H groups in total. The SMILES string of the molecule is CC1=[N+](O)C(CI)CCC1. The van der Waals surface area contributed by atoms with Crippen molar-refractivity contribution in [2.45, 2.75) is 32.2 Å². The van der Waals surface area contributed by atoms with E-state index in [4.69, 9.17) is 0 Å². The summed E-state index contributed by atoms with van der Waals surface area (Å²) in [7, 11) is 0. The highest BCUT2D eigenvalue weighted by molar-refractivity contribution is 14.1. The highest BCUT2D eigenvalue weighted by Gasteiger charge is 2.26. The van der Waals surface area contributed by atoms with Crippen LogP contribution < -0.4 is 0 Å². The van der Waals surface area contributed by atoms with Crippen LogP contribution in [0.3, 0.4) is 0 Å². The number of halogens is 1. The number of hydrogen-bond donors (Lipinski definition) is 1. The van der Waals surface area contributed by atoms with Crippen LogP contribution in [0.5, 0.6) is 0 Å². The van der Waals surface area contributed by atoms with Crippen molar-refractivity contribution in [2.75, 3.05) is 4.43 Å². The molecule has 3 heteroatoms. The Morgan fingerprint density at radius 1 is 1.80 bits per heavy atom. The third-order valence-corrected chi connectivity index (χ3v) is 3.01. The van der Waals surface area contributed by atoms with Crippen LogP contribution in [-0.2, 0) is 0 Å². The minimum atomic E-state index is 0.370. The van der Waals surface area contributed by atoms with Gasteiger partial charge < -0.3 is 0 Å². The molecule has 0 spiro atoms. The number of rotatable bonds is 1. The van der Waals surface area contributed by atoms with Gasteiger partial charge in [-0.3, -0.25) is 5.21 Å². The fourth-order valence-electron chi connectivity index (χ4n) is 1.28. The molecule has 1 aliphatic rings. The lowest BCUT2D eigenvalue weighted by molar-refractivity contribution is -0.799. The molecule has 10 heavy (non-hydrogen) atoms. The van der Waals surface area contributed by atoms with Crippen molar-refractivity contribution >= 4 is 28.3 Å². The zero-order valence-electron chi connectivity index (χ0n) is 6.18. The second kappa shape index (κ2) is 3.55. The van der Waals surface area contributed by atoms with E-state index >= 15 is 0 Å². The first kappa shape index (κ1) is 8.30. The molecule has 0 saturated heterocycles. The molecule has 0 aromatic rings. The first-order chi connectivity index (χ1) is 4.75. The van der Waals surface area contributed by atoms with Gasteiger partial charge in [0.25, 0.3) is 0 Å². The molecule has 1 heterocycles. The van der Waals surface area contributed by atoms with E-state index in [1.165, 1.54) is 11.2 Å². The van der Waals surface area contributed by atoms with Gasteiger partial charge in [0.1, 0.15) is 0 Å². The smallest absolute Gasteiger partial charge is 0.211 e. The summed E-state index contributed by atoms with van der Waals surface area (Å²) >= 11 is 2.32. The summed E-state index contributed by atoms with van der Waals surface area (Å²) in [5.74, 6) is 0. The summed E-state index contributed by atoms with van der Waals surface area (Å²) in [6, 6.07) is 0.370. The molecule has 1 rings (SSSR count). The Labute approximate surface area is 75.0 Å². The van der Waals surface area contributed by atoms with Crippen LogP contribution >= 0.6 is 22.6 Å². The third-order valence-electron chi connectivity index (χ3n) is 1.99. The van der Waals surface area contributed by atoms with E-state index in [1.54, 1.807) is 0 Å². The number of nitrogens with zero attached hydrogens (tertiary/aromatic N) is 1. The summed E-state index contributed by atoms with van der Waals surface area (Å²) < 4.78 is 2.46. The van der Waals surface area contributed by atoms with Crippen LogP contribution in [0.4, 0.5) is 0 Å². The highest BCUT2D eigenvalue weighted by atomic mass is 127. The molecular formula is C7H13INO+. The zero-order valence-corrected chi connectivity index (χ0v) is 8.34. The van der Waals surface area contributed by atoms with Gasteiger partial charge in [-0.1, -0.05) is 22.6 Å². The lowest BCUT2D eigenvalue weighted by Gasteiger charge is -2.13. The zero-order chi connectivity index (χ0) is 7.56. The first-order valence-electron chi connectivity index (χ1n) is 3.62. The van der Waals surface area contributed by atoms with Crippen molar-refractivity contribution in [1.82, 2.24) is 0 Å². The van der Waals surface area contributed by atoms with Gasteiger partial charge in [-0.2, -0.15) is 0 Å². The maximum Gasteiger partial charge on any atom is 0.211 e. The van der Waals surface area contributed by atoms with Crippen LogP contribution in [0.1, 0.15) is 26.2 Å². The molecule has 0 aliphatic carbocycles. The van der Waals surface area contributed by atoms with Crippen LogP contribution in [-0.4, -0.2) is 26.1 Å². The standard InChI is InChI=1S/C7H13INO/c1-6-3-2-4-7(5-8)9(6)10/h7,10H,2-5H2,1H3/q+1. The van der Waals surface area contributed by atoms with Crippen molar-refractivity contribution in [3.63, 3.8) is 0 Å². The van der Waals surface area contributed by atoms with E-state index in [0.717, 1.165) is 23.0 Å². The molecule has 58 valence electrons. The topological polar surface area (TPSA) is 23.2 Å². The number of hydrogen-bond acceptors (Lipinski definition) is 1. The van der Waals surface area contributed by atoms with Crippen molar-refractivity contribution in [3.05, 3.63) is 0 Å². The number of hydroxylamine groups is 1. The van der Waals surface area contributed by atoms with Crippen LogP contribution in [0.15, 0.2) is 0 Å². The summed E-state index contributed by atoms with van der Waals surface area (Å²) in [6.45, 7) is 2.00. The highest BCUT2D eigenvalue weighted by Crippen LogP contribution is 2.13. The average Bonchev–Trinajstić information content (AvgIpc) is 1.95. The van der Waals surface area contributed by atoms with E-state index in [-0.39, 0.29) is 0 Å². The molecule has 0 aromatic carbocycles. The monoisotopic (exact) mass is 254 g/mol. The van der Waals surface area contributed by atoms with E-state index < -0.39 is 0 Å². The molecular weight excluding hydrogens is 241 g/mol. The van der Waals surface area contributed by atoms with Gasteiger partial charge in [0.15, 0.2) is 0 Å². The number of alkyl halides is 1. The van der Waals surface area contributed by atoms with Crippen molar-refractivity contribution in [1.29, 1.82) is 0 Å². The summed E-state index contributed by atoms with van der Waals surface area (Å²) in [6.07, 6.45) is 3.43. The normalized spacial score (nSPS) is 27.2. The molecule has 0 fully saturated rings. The second-order valence-corrected chi connectivity index (χ2v) is 3.66. The van der Waals surface area contributed by atoms with Crippen LogP contribution in [0.2, 0.25) is 0 Å². The Hall–Kier alpha value is 0.200. The second-order valence-electron chi connectivity index (χ2n) is 2.78. The Balaban J connectivity index is 2.68. The molecule has 2 nitrogen and oxygen atoms in total. The van der Waals surface area contributed by atoms with Gasteiger partial charge in [0.2, 0.25) is 11.8 Å². The van der Waals surface area contributed by atoms with Gasteiger partial charge in [0, 0.05) is 19.8 Å². The Morgan fingerprint density at radius 3 is 3.00 bits per heavy atom. The summed E-state index contributed by atoms with van der Waals surface area (Å²) in [5, 5.41) is 9.43. The third kappa shape index (κ3) is 1.62. The predicted molar refractivity (Wildman–Crippen MR) is 49.3 cm³/mol. The molecule has 1 unspecified atom stereocenters. The Bertz CT molecular complexity index is 156. The summed E-state index contributed by atoms with van der Waals surface area (Å²) in [4.78, 5) is 0. The van der Waals surface area contributed by atoms with Gasteiger partial charge in [-0.25, -0.2) is 0 Å². The van der Waals surface area contributed by atoms with Crippen molar-refractivity contribution < 1.29 is 9.95 Å². The molecule has 0 saturated carbocycles. The van der Waals surface area contributed by atoms with Gasteiger partial charge in [-0.15, -0.1) is 0 Å². The lowest BCUT2D eigenvalue weighted by atomic mass is 10.1. The predicted octanol–water partition coefficient (Wildman–Crippen LogP) is 1.84. The lowest BCUT2D eigenvalue weighted by Crippen LogP contribution is -2.33. The largest absolute Gasteiger partial charge is 0.291 e. The fraction of sp³-hybridized carbons (Fsp3) is 0.857. The van der Waals surface area contributed by atoms with Crippen molar-refractivity contribution in [2.24, 2.45) is 0 Å². The molecule has 0 radical (unpaired) electrons. The average molecular weight is 254 g/mol. The van der Waals surface area contributed by atoms with Crippen molar-refractivity contribution in [3.8, 4) is 0 Å². The Morgan fingerprint density at radius 2 is 2.50 bits per heavy atom. The molecule has 0 bridgehead atoms. The first-order valence-corrected chi connectivity index (χ1v) is 5.14. The molecule has 0 aromatic heterocycles. The van der Waals surface area contributed by atoms with Gasteiger partial charge >= 0.3 is 0 Å².